The molecule has 1 unspecified atom stereocenters. The number of nitrogens with one attached hydrogen (secondary N) is 1. The second-order valence-electron chi connectivity index (χ2n) is 6.66. The number of benzene rings is 1. The van der Waals surface area contributed by atoms with Gasteiger partial charge in [-0.15, -0.1) is 0 Å². The normalized spacial score (nSPS) is 18.1. The number of likely N-dealkylation sites (tertiary alicyclic amines) is 1. The van der Waals surface area contributed by atoms with Gasteiger partial charge in [0.25, 0.3) is 0 Å². The summed E-state index contributed by atoms with van der Waals surface area (Å²) in [6.45, 7) is 7.53. The zero-order valence-corrected chi connectivity index (χ0v) is 14.8. The summed E-state index contributed by atoms with van der Waals surface area (Å²) in [5.41, 5.74) is 3.08. The Morgan fingerprint density at radius 3 is 2.84 bits per heavy atom. The molecule has 25 heavy (non-hydrogen) atoms. The van der Waals surface area contributed by atoms with Gasteiger partial charge in [-0.1, -0.05) is 24.6 Å². The fraction of sp³-hybridized carbons (Fsp3) is 0.421. The Balaban J connectivity index is 1.59. The second-order valence-corrected chi connectivity index (χ2v) is 6.66. The fourth-order valence-corrected chi connectivity index (χ4v) is 3.62. The first-order valence-corrected chi connectivity index (χ1v) is 9.00. The number of rotatable bonds is 5. The Labute approximate surface area is 147 Å². The molecule has 0 amide bonds. The number of fused-ring (bicyclic) bond motifs is 1. The van der Waals surface area contributed by atoms with Gasteiger partial charge in [-0.25, -0.2) is 14.6 Å². The zero-order valence-electron chi connectivity index (χ0n) is 14.8. The van der Waals surface area contributed by atoms with Crippen LogP contribution in [0, 0.1) is 6.92 Å². The summed E-state index contributed by atoms with van der Waals surface area (Å²) in [4.78, 5) is 11.4. The first kappa shape index (κ1) is 16.0. The molecule has 1 aliphatic heterocycles. The van der Waals surface area contributed by atoms with E-state index in [2.05, 4.69) is 63.4 Å². The van der Waals surface area contributed by atoms with Crippen molar-refractivity contribution in [2.45, 2.75) is 32.7 Å². The Morgan fingerprint density at radius 1 is 1.20 bits per heavy atom. The van der Waals surface area contributed by atoms with Crippen molar-refractivity contribution in [2.24, 2.45) is 0 Å². The molecule has 6 heteroatoms. The van der Waals surface area contributed by atoms with Gasteiger partial charge in [0.05, 0.1) is 17.3 Å². The van der Waals surface area contributed by atoms with Crippen molar-refractivity contribution in [3.05, 3.63) is 42.4 Å². The van der Waals surface area contributed by atoms with E-state index in [4.69, 9.17) is 0 Å². The minimum Gasteiger partial charge on any atom is -0.368 e. The summed E-state index contributed by atoms with van der Waals surface area (Å²) in [7, 11) is 0. The van der Waals surface area contributed by atoms with Crippen molar-refractivity contribution >= 4 is 16.9 Å². The standard InChI is InChI=1S/C19H24N6/c1-3-24-10-4-5-16(24)11-20-18-17-12-23-25(19(17)22-13-21-18)15-8-6-14(2)7-9-15/h6-9,12-13,16H,3-5,10-11H2,1-2H3,(H,20,21,22). The van der Waals surface area contributed by atoms with Gasteiger partial charge in [0.2, 0.25) is 0 Å². The molecule has 1 aromatic carbocycles. The van der Waals surface area contributed by atoms with Crippen molar-refractivity contribution in [3.8, 4) is 5.69 Å². The van der Waals surface area contributed by atoms with Crippen LogP contribution < -0.4 is 5.32 Å². The van der Waals surface area contributed by atoms with E-state index in [1.807, 2.05) is 10.9 Å². The Morgan fingerprint density at radius 2 is 2.04 bits per heavy atom. The average molecular weight is 336 g/mol. The number of aryl methyl sites for hydroxylation is 1. The lowest BCUT2D eigenvalue weighted by molar-refractivity contribution is 0.277. The third kappa shape index (κ3) is 3.09. The summed E-state index contributed by atoms with van der Waals surface area (Å²) in [5, 5.41) is 9.01. The molecule has 0 saturated carbocycles. The summed E-state index contributed by atoms with van der Waals surface area (Å²) in [6, 6.07) is 8.89. The van der Waals surface area contributed by atoms with Crippen molar-refractivity contribution in [3.63, 3.8) is 0 Å². The van der Waals surface area contributed by atoms with Crippen molar-refractivity contribution < 1.29 is 0 Å². The lowest BCUT2D eigenvalue weighted by Crippen LogP contribution is -2.34. The van der Waals surface area contributed by atoms with E-state index < -0.39 is 0 Å². The molecule has 6 nitrogen and oxygen atoms in total. The smallest absolute Gasteiger partial charge is 0.168 e. The molecule has 1 N–H and O–H groups in total. The summed E-state index contributed by atoms with van der Waals surface area (Å²) >= 11 is 0. The van der Waals surface area contributed by atoms with Crippen LogP contribution in [-0.4, -0.2) is 50.3 Å². The van der Waals surface area contributed by atoms with E-state index in [9.17, 15) is 0 Å². The minimum atomic E-state index is 0.585. The molecule has 1 saturated heterocycles. The Bertz CT molecular complexity index is 854. The number of anilines is 1. The van der Waals surface area contributed by atoms with Crippen molar-refractivity contribution in [2.75, 3.05) is 25.0 Å². The van der Waals surface area contributed by atoms with Crippen molar-refractivity contribution in [1.29, 1.82) is 0 Å². The van der Waals surface area contributed by atoms with Crippen LogP contribution in [0.5, 0.6) is 0 Å². The largest absolute Gasteiger partial charge is 0.368 e. The van der Waals surface area contributed by atoms with Crippen LogP contribution in [0.3, 0.4) is 0 Å². The quantitative estimate of drug-likeness (QED) is 0.776. The maximum absolute atomic E-state index is 4.53. The lowest BCUT2D eigenvalue weighted by atomic mass is 10.2. The zero-order chi connectivity index (χ0) is 17.2. The first-order chi connectivity index (χ1) is 12.3. The van der Waals surface area contributed by atoms with Crippen LogP contribution in [0.15, 0.2) is 36.8 Å². The van der Waals surface area contributed by atoms with E-state index in [-0.39, 0.29) is 0 Å². The average Bonchev–Trinajstić information content (AvgIpc) is 3.27. The number of likely N-dealkylation sites (N-methyl/N-ethyl adjacent to an activating group) is 1. The molecule has 1 fully saturated rings. The van der Waals surface area contributed by atoms with Gasteiger partial charge in [-0.2, -0.15) is 5.10 Å². The van der Waals surface area contributed by atoms with E-state index in [1.165, 1.54) is 24.9 Å². The van der Waals surface area contributed by atoms with Crippen molar-refractivity contribution in [1.82, 2.24) is 24.6 Å². The van der Waals surface area contributed by atoms with Crippen LogP contribution >= 0.6 is 0 Å². The predicted octanol–water partition coefficient (Wildman–Crippen LogP) is 3.02. The molecule has 0 bridgehead atoms. The predicted molar refractivity (Wildman–Crippen MR) is 100 cm³/mol. The third-order valence-electron chi connectivity index (χ3n) is 5.05. The van der Waals surface area contributed by atoms with Crippen LogP contribution in [0.4, 0.5) is 5.82 Å². The lowest BCUT2D eigenvalue weighted by Gasteiger charge is -2.23. The molecule has 130 valence electrons. The number of hydrogen-bond donors (Lipinski definition) is 1. The molecule has 1 aliphatic rings. The van der Waals surface area contributed by atoms with Crippen LogP contribution in [-0.2, 0) is 0 Å². The monoisotopic (exact) mass is 336 g/mol. The second kappa shape index (κ2) is 6.80. The van der Waals surface area contributed by atoms with Gasteiger partial charge in [-0.3, -0.25) is 4.90 Å². The number of aromatic nitrogens is 4. The summed E-state index contributed by atoms with van der Waals surface area (Å²) in [5.74, 6) is 0.867. The van der Waals surface area contributed by atoms with E-state index in [0.717, 1.165) is 35.6 Å². The molecule has 0 aliphatic carbocycles. The molecular weight excluding hydrogens is 312 g/mol. The van der Waals surface area contributed by atoms with Crippen LogP contribution in [0.25, 0.3) is 16.7 Å². The van der Waals surface area contributed by atoms with E-state index in [1.54, 1.807) is 6.33 Å². The first-order valence-electron chi connectivity index (χ1n) is 9.00. The highest BCUT2D eigenvalue weighted by Gasteiger charge is 2.23. The number of nitrogens with zero attached hydrogens (tertiary/aromatic N) is 5. The maximum atomic E-state index is 4.53. The van der Waals surface area contributed by atoms with Gasteiger partial charge in [0, 0.05) is 12.6 Å². The minimum absolute atomic E-state index is 0.585. The van der Waals surface area contributed by atoms with Crippen LogP contribution in [0.1, 0.15) is 25.3 Å². The summed E-state index contributed by atoms with van der Waals surface area (Å²) < 4.78 is 1.87. The van der Waals surface area contributed by atoms with Gasteiger partial charge < -0.3 is 5.32 Å². The number of hydrogen-bond acceptors (Lipinski definition) is 5. The molecule has 2 aromatic heterocycles. The van der Waals surface area contributed by atoms with Gasteiger partial charge in [0.1, 0.15) is 12.1 Å². The molecule has 3 heterocycles. The fourth-order valence-electron chi connectivity index (χ4n) is 3.62. The van der Waals surface area contributed by atoms with Gasteiger partial charge in [-0.05, 0) is 45.0 Å². The molecule has 0 radical (unpaired) electrons. The molecule has 4 rings (SSSR count). The maximum Gasteiger partial charge on any atom is 0.168 e. The Kier molecular flexibility index (Phi) is 4.36. The molecule has 3 aromatic rings. The molecule has 0 spiro atoms. The summed E-state index contributed by atoms with van der Waals surface area (Å²) in [6.07, 6.45) is 6.00. The third-order valence-corrected chi connectivity index (χ3v) is 5.05. The van der Waals surface area contributed by atoms with Gasteiger partial charge >= 0.3 is 0 Å². The molecule has 1 atom stereocenters. The topological polar surface area (TPSA) is 58.9 Å². The Hall–Kier alpha value is -2.47. The molecular formula is C19H24N6. The highest BCUT2D eigenvalue weighted by molar-refractivity contribution is 5.87. The highest BCUT2D eigenvalue weighted by atomic mass is 15.3. The van der Waals surface area contributed by atoms with E-state index in [0.29, 0.717) is 6.04 Å². The van der Waals surface area contributed by atoms with Crippen LogP contribution in [0.2, 0.25) is 0 Å². The SMILES string of the molecule is CCN1CCCC1CNc1ncnc2c1cnn2-c1ccc(C)cc1. The van der Waals surface area contributed by atoms with E-state index >= 15 is 0 Å². The highest BCUT2D eigenvalue weighted by Crippen LogP contribution is 2.23. The van der Waals surface area contributed by atoms with Gasteiger partial charge in [0.15, 0.2) is 5.65 Å².